The van der Waals surface area contributed by atoms with Crippen molar-refractivity contribution in [2.24, 2.45) is 0 Å². The highest BCUT2D eigenvalue weighted by atomic mass is 16.3. The number of amides is 1. The molecule has 0 heterocycles. The van der Waals surface area contributed by atoms with Gasteiger partial charge >= 0.3 is 0 Å². The molecule has 0 rings (SSSR count). The van der Waals surface area contributed by atoms with Crippen LogP contribution < -0.4 is 5.32 Å². The van der Waals surface area contributed by atoms with Gasteiger partial charge in [-0.3, -0.25) is 4.79 Å². The molecule has 0 unspecified atom stereocenters. The Morgan fingerprint density at radius 1 is 0.767 bits per heavy atom. The highest BCUT2D eigenvalue weighted by Crippen LogP contribution is 2.09. The van der Waals surface area contributed by atoms with Crippen LogP contribution in [0.15, 0.2) is 24.3 Å². The summed E-state index contributed by atoms with van der Waals surface area (Å²) in [7, 11) is 0. The normalized spacial score (nSPS) is 13.9. The lowest BCUT2D eigenvalue weighted by Gasteiger charge is -2.19. The summed E-state index contributed by atoms with van der Waals surface area (Å²) < 4.78 is 0. The van der Waals surface area contributed by atoms with Crippen LogP contribution in [0.5, 0.6) is 0 Å². The van der Waals surface area contributed by atoms with Gasteiger partial charge in [0.1, 0.15) is 0 Å². The van der Waals surface area contributed by atoms with Gasteiger partial charge in [0, 0.05) is 6.42 Å². The first-order chi connectivity index (χ1) is 14.7. The van der Waals surface area contributed by atoms with Gasteiger partial charge in [0.05, 0.1) is 18.8 Å². The maximum atomic E-state index is 12.0. The Bertz CT molecular complexity index is 434. The molecule has 0 aromatic heterocycles. The van der Waals surface area contributed by atoms with Crippen molar-refractivity contribution < 1.29 is 15.0 Å². The molecule has 0 aromatic carbocycles. The van der Waals surface area contributed by atoms with E-state index in [1.165, 1.54) is 64.2 Å². The molecule has 0 radical (unpaired) electrons. The molecule has 0 aliphatic heterocycles. The molecule has 3 N–H and O–H groups in total. The third kappa shape index (κ3) is 18.9. The van der Waals surface area contributed by atoms with Crippen LogP contribution in [0.1, 0.15) is 117 Å². The molecule has 0 saturated heterocycles. The minimum Gasteiger partial charge on any atom is -0.394 e. The second-order valence-electron chi connectivity index (χ2n) is 8.40. The summed E-state index contributed by atoms with van der Waals surface area (Å²) >= 11 is 0. The number of allylic oxidation sites excluding steroid dienone is 3. The number of carbonyl (C=O) groups excluding carboxylic acids is 1. The Labute approximate surface area is 186 Å². The number of hydrogen-bond donors (Lipinski definition) is 3. The van der Waals surface area contributed by atoms with E-state index in [9.17, 15) is 15.0 Å². The van der Waals surface area contributed by atoms with Crippen LogP contribution in [0.4, 0.5) is 0 Å². The molecule has 30 heavy (non-hydrogen) atoms. The van der Waals surface area contributed by atoms with E-state index < -0.39 is 12.1 Å². The fraction of sp³-hybridized carbons (Fsp3) is 0.808. The maximum absolute atomic E-state index is 12.0. The van der Waals surface area contributed by atoms with Crippen LogP contribution in [0, 0.1) is 0 Å². The van der Waals surface area contributed by atoms with Gasteiger partial charge in [0.2, 0.25) is 5.91 Å². The van der Waals surface area contributed by atoms with Gasteiger partial charge in [-0.15, -0.1) is 0 Å². The zero-order valence-electron chi connectivity index (χ0n) is 19.8. The lowest BCUT2D eigenvalue weighted by atomic mass is 10.1. The first-order valence-electron chi connectivity index (χ1n) is 12.6. The summed E-state index contributed by atoms with van der Waals surface area (Å²) in [5.41, 5.74) is 0. The summed E-state index contributed by atoms with van der Waals surface area (Å²) in [6.45, 7) is 4.18. The van der Waals surface area contributed by atoms with Gasteiger partial charge in [-0.2, -0.15) is 0 Å². The molecule has 176 valence electrons. The third-order valence-electron chi connectivity index (χ3n) is 5.44. The summed E-state index contributed by atoms with van der Waals surface area (Å²) in [5.74, 6) is -0.0862. The Morgan fingerprint density at radius 2 is 1.30 bits per heavy atom. The van der Waals surface area contributed by atoms with Gasteiger partial charge in [0.15, 0.2) is 0 Å². The molecule has 0 bridgehead atoms. The molecule has 0 spiro atoms. The Morgan fingerprint density at radius 3 is 1.93 bits per heavy atom. The van der Waals surface area contributed by atoms with Crippen molar-refractivity contribution in [3.8, 4) is 0 Å². The van der Waals surface area contributed by atoms with Gasteiger partial charge in [-0.1, -0.05) is 102 Å². The van der Waals surface area contributed by atoms with Gasteiger partial charge in [0.25, 0.3) is 0 Å². The van der Waals surface area contributed by atoms with Crippen molar-refractivity contribution in [2.45, 2.75) is 129 Å². The Balaban J connectivity index is 3.84. The molecular weight excluding hydrogens is 374 g/mol. The van der Waals surface area contributed by atoms with Crippen molar-refractivity contribution in [1.82, 2.24) is 5.32 Å². The molecular formula is C26H49NO3. The largest absolute Gasteiger partial charge is 0.394 e. The van der Waals surface area contributed by atoms with E-state index in [4.69, 9.17) is 0 Å². The van der Waals surface area contributed by atoms with Crippen LogP contribution in [0.2, 0.25) is 0 Å². The second kappa shape index (κ2) is 22.6. The zero-order valence-corrected chi connectivity index (χ0v) is 19.8. The van der Waals surface area contributed by atoms with Gasteiger partial charge in [-0.25, -0.2) is 0 Å². The molecule has 1 amide bonds. The fourth-order valence-corrected chi connectivity index (χ4v) is 3.42. The van der Waals surface area contributed by atoms with Crippen molar-refractivity contribution in [1.29, 1.82) is 0 Å². The van der Waals surface area contributed by atoms with E-state index in [1.807, 2.05) is 6.08 Å². The van der Waals surface area contributed by atoms with Crippen LogP contribution in [-0.2, 0) is 4.79 Å². The van der Waals surface area contributed by atoms with Crippen LogP contribution in [-0.4, -0.2) is 34.9 Å². The minimum absolute atomic E-state index is 0.0862. The minimum atomic E-state index is -0.851. The second-order valence-corrected chi connectivity index (χ2v) is 8.40. The number of nitrogens with one attached hydrogen (secondary N) is 1. The SMILES string of the molecule is CCCCCCC/C=C/CC/C=C/[C@@H](O)[C@H](CO)NC(=O)CCCCCCCCC. The number of unbranched alkanes of at least 4 members (excludes halogenated alkanes) is 12. The zero-order chi connectivity index (χ0) is 22.3. The van der Waals surface area contributed by atoms with Crippen molar-refractivity contribution >= 4 is 5.91 Å². The first kappa shape index (κ1) is 28.9. The predicted octanol–water partition coefficient (Wildman–Crippen LogP) is 6.22. The number of rotatable bonds is 21. The molecule has 4 heteroatoms. The molecule has 0 aliphatic rings. The summed E-state index contributed by atoms with van der Waals surface area (Å²) in [6, 6.07) is -0.628. The van der Waals surface area contributed by atoms with E-state index in [1.54, 1.807) is 6.08 Å². The van der Waals surface area contributed by atoms with Gasteiger partial charge < -0.3 is 15.5 Å². The first-order valence-corrected chi connectivity index (χ1v) is 12.6. The van der Waals surface area contributed by atoms with Crippen molar-refractivity contribution in [2.75, 3.05) is 6.61 Å². The monoisotopic (exact) mass is 423 g/mol. The number of aliphatic hydroxyl groups is 2. The number of aliphatic hydroxyl groups excluding tert-OH is 2. The predicted molar refractivity (Wildman–Crippen MR) is 129 cm³/mol. The van der Waals surface area contributed by atoms with E-state index in [0.29, 0.717) is 6.42 Å². The molecule has 0 aliphatic carbocycles. The van der Waals surface area contributed by atoms with E-state index in [0.717, 1.165) is 32.1 Å². The fourth-order valence-electron chi connectivity index (χ4n) is 3.42. The number of hydrogen-bond acceptors (Lipinski definition) is 3. The smallest absolute Gasteiger partial charge is 0.220 e. The molecule has 2 atom stereocenters. The molecule has 0 aromatic rings. The molecule has 4 nitrogen and oxygen atoms in total. The van der Waals surface area contributed by atoms with Crippen molar-refractivity contribution in [3.63, 3.8) is 0 Å². The maximum Gasteiger partial charge on any atom is 0.220 e. The molecule has 0 saturated carbocycles. The van der Waals surface area contributed by atoms with Crippen LogP contribution in [0.3, 0.4) is 0 Å². The third-order valence-corrected chi connectivity index (χ3v) is 5.44. The highest BCUT2D eigenvalue weighted by molar-refractivity contribution is 5.76. The van der Waals surface area contributed by atoms with Crippen LogP contribution >= 0.6 is 0 Å². The lowest BCUT2D eigenvalue weighted by molar-refractivity contribution is -0.123. The van der Waals surface area contributed by atoms with Crippen molar-refractivity contribution in [3.05, 3.63) is 24.3 Å². The van der Waals surface area contributed by atoms with Gasteiger partial charge in [-0.05, 0) is 32.1 Å². The average molecular weight is 424 g/mol. The highest BCUT2D eigenvalue weighted by Gasteiger charge is 2.17. The average Bonchev–Trinajstić information content (AvgIpc) is 2.75. The van der Waals surface area contributed by atoms with Crippen LogP contribution in [0.25, 0.3) is 0 Å². The lowest BCUT2D eigenvalue weighted by Crippen LogP contribution is -2.45. The van der Waals surface area contributed by atoms with E-state index in [2.05, 4.69) is 31.3 Å². The quantitative estimate of drug-likeness (QED) is 0.152. The van der Waals surface area contributed by atoms with E-state index in [-0.39, 0.29) is 12.5 Å². The van der Waals surface area contributed by atoms with E-state index >= 15 is 0 Å². The Kier molecular flexibility index (Phi) is 21.7. The summed E-state index contributed by atoms with van der Waals surface area (Å²) in [5, 5.41) is 22.5. The summed E-state index contributed by atoms with van der Waals surface area (Å²) in [6.07, 6.45) is 25.3. The molecule has 0 fully saturated rings. The topological polar surface area (TPSA) is 69.6 Å². The standard InChI is InChI=1S/C26H49NO3/c1-3-5-7-9-11-12-13-14-16-17-19-21-25(29)24(23-28)27-26(30)22-20-18-15-10-8-6-4-2/h13-14,19,21,24-25,28-29H,3-12,15-18,20,22-23H2,1-2H3,(H,27,30)/b14-13+,21-19+/t24-,25+/m0/s1. The Hall–Kier alpha value is -1.13. The summed E-state index contributed by atoms with van der Waals surface area (Å²) in [4.78, 5) is 12.0. The number of carbonyl (C=O) groups is 1.